The Hall–Kier alpha value is -1.75. The summed E-state index contributed by atoms with van der Waals surface area (Å²) < 4.78 is 5.31. The van der Waals surface area contributed by atoms with E-state index in [9.17, 15) is 9.59 Å². The average molecular weight is 286 g/mol. The molecule has 0 aliphatic rings. The number of hydrogen-bond acceptors (Lipinski definition) is 3. The van der Waals surface area contributed by atoms with Gasteiger partial charge in [-0.3, -0.25) is 4.79 Å². The molecule has 0 aromatic heterocycles. The Morgan fingerprint density at radius 1 is 1.42 bits per heavy atom. The second kappa shape index (κ2) is 6.99. The van der Waals surface area contributed by atoms with Gasteiger partial charge >= 0.3 is 5.97 Å². The third kappa shape index (κ3) is 5.18. The van der Waals surface area contributed by atoms with Crippen LogP contribution in [0.15, 0.2) is 18.2 Å². The van der Waals surface area contributed by atoms with Crippen LogP contribution >= 0.6 is 11.6 Å². The summed E-state index contributed by atoms with van der Waals surface area (Å²) in [6.07, 6.45) is 0.157. The summed E-state index contributed by atoms with van der Waals surface area (Å²) in [6.45, 7) is 3.82. The van der Waals surface area contributed by atoms with Crippen LogP contribution in [0, 0.1) is 0 Å². The predicted molar refractivity (Wildman–Crippen MR) is 71.8 cm³/mol. The van der Waals surface area contributed by atoms with Crippen molar-refractivity contribution in [2.45, 2.75) is 26.3 Å². The fourth-order valence-electron chi connectivity index (χ4n) is 1.44. The molecule has 5 nitrogen and oxygen atoms in total. The van der Waals surface area contributed by atoms with Crippen molar-refractivity contribution in [1.82, 2.24) is 5.32 Å². The summed E-state index contributed by atoms with van der Waals surface area (Å²) in [7, 11) is 0. The molecular formula is C13H16ClNO4. The van der Waals surface area contributed by atoms with Gasteiger partial charge in [-0.05, 0) is 32.0 Å². The first kappa shape index (κ1) is 15.3. The van der Waals surface area contributed by atoms with Crippen molar-refractivity contribution >= 4 is 23.5 Å². The lowest BCUT2D eigenvalue weighted by Crippen LogP contribution is -2.31. The molecule has 1 aromatic carbocycles. The van der Waals surface area contributed by atoms with Gasteiger partial charge in [0.1, 0.15) is 11.3 Å². The third-order valence-corrected chi connectivity index (χ3v) is 2.45. The van der Waals surface area contributed by atoms with Crippen molar-refractivity contribution in [2.75, 3.05) is 6.61 Å². The Morgan fingerprint density at radius 2 is 2.11 bits per heavy atom. The normalized spacial score (nSPS) is 10.3. The summed E-state index contributed by atoms with van der Waals surface area (Å²) in [5.74, 6) is -1.08. The molecule has 2 N–H and O–H groups in total. The van der Waals surface area contributed by atoms with Crippen LogP contribution in [0.1, 0.15) is 30.6 Å². The maximum Gasteiger partial charge on any atom is 0.339 e. The van der Waals surface area contributed by atoms with Gasteiger partial charge in [-0.25, -0.2) is 4.79 Å². The van der Waals surface area contributed by atoms with Gasteiger partial charge in [-0.2, -0.15) is 0 Å². The number of carboxylic acids is 1. The molecule has 19 heavy (non-hydrogen) atoms. The number of aromatic carboxylic acids is 1. The van der Waals surface area contributed by atoms with E-state index in [0.29, 0.717) is 5.02 Å². The highest BCUT2D eigenvalue weighted by Crippen LogP contribution is 2.23. The van der Waals surface area contributed by atoms with Crippen LogP contribution in [0.3, 0.4) is 0 Å². The molecule has 0 atom stereocenters. The van der Waals surface area contributed by atoms with Crippen molar-refractivity contribution in [1.29, 1.82) is 0 Å². The Morgan fingerprint density at radius 3 is 2.68 bits per heavy atom. The monoisotopic (exact) mass is 285 g/mol. The molecule has 0 spiro atoms. The molecule has 104 valence electrons. The molecule has 0 fully saturated rings. The van der Waals surface area contributed by atoms with E-state index >= 15 is 0 Å². The van der Waals surface area contributed by atoms with Gasteiger partial charge in [0.05, 0.1) is 13.0 Å². The molecule has 0 bridgehead atoms. The number of halogens is 1. The molecule has 0 heterocycles. The van der Waals surface area contributed by atoms with Crippen LogP contribution < -0.4 is 10.1 Å². The van der Waals surface area contributed by atoms with Gasteiger partial charge in [-0.1, -0.05) is 11.6 Å². The zero-order valence-electron chi connectivity index (χ0n) is 10.8. The summed E-state index contributed by atoms with van der Waals surface area (Å²) in [5.41, 5.74) is 0.0219. The quantitative estimate of drug-likeness (QED) is 0.841. The highest BCUT2D eigenvalue weighted by atomic mass is 35.5. The number of ether oxygens (including phenoxy) is 1. The molecule has 0 unspecified atom stereocenters. The van der Waals surface area contributed by atoms with Crippen LogP contribution in [-0.2, 0) is 4.79 Å². The lowest BCUT2D eigenvalue weighted by Gasteiger charge is -2.11. The second-order valence-corrected chi connectivity index (χ2v) is 4.70. The first-order valence-electron chi connectivity index (χ1n) is 5.85. The molecule has 0 radical (unpaired) electrons. The van der Waals surface area contributed by atoms with Gasteiger partial charge < -0.3 is 15.2 Å². The Balaban J connectivity index is 2.60. The average Bonchev–Trinajstić information content (AvgIpc) is 2.27. The Labute approximate surface area is 116 Å². The predicted octanol–water partition coefficient (Wildman–Crippen LogP) is 2.33. The number of amides is 1. The van der Waals surface area contributed by atoms with Gasteiger partial charge in [0.2, 0.25) is 5.91 Å². The number of hydrogen-bond donors (Lipinski definition) is 2. The maximum absolute atomic E-state index is 11.4. The lowest BCUT2D eigenvalue weighted by molar-refractivity contribution is -0.122. The van der Waals surface area contributed by atoms with E-state index in [1.54, 1.807) is 0 Å². The van der Waals surface area contributed by atoms with Gasteiger partial charge in [0.25, 0.3) is 0 Å². The van der Waals surface area contributed by atoms with E-state index in [1.807, 2.05) is 13.8 Å². The SMILES string of the molecule is CC(C)NC(=O)CCOc1cc(Cl)ccc1C(=O)O. The highest BCUT2D eigenvalue weighted by Gasteiger charge is 2.12. The minimum Gasteiger partial charge on any atom is -0.492 e. The van der Waals surface area contributed by atoms with Crippen molar-refractivity contribution < 1.29 is 19.4 Å². The molecule has 1 amide bonds. The van der Waals surface area contributed by atoms with E-state index in [-0.39, 0.29) is 36.3 Å². The number of rotatable bonds is 6. The van der Waals surface area contributed by atoms with Crippen molar-refractivity contribution in [3.8, 4) is 5.75 Å². The standard InChI is InChI=1S/C13H16ClNO4/c1-8(2)15-12(16)5-6-19-11-7-9(14)3-4-10(11)13(17)18/h3-4,7-8H,5-6H2,1-2H3,(H,15,16)(H,17,18). The number of benzene rings is 1. The highest BCUT2D eigenvalue weighted by molar-refractivity contribution is 6.30. The molecule has 0 saturated heterocycles. The van der Waals surface area contributed by atoms with Crippen molar-refractivity contribution in [3.05, 3.63) is 28.8 Å². The topological polar surface area (TPSA) is 75.6 Å². The Bertz CT molecular complexity index is 474. The van der Waals surface area contributed by atoms with Crippen LogP contribution in [0.25, 0.3) is 0 Å². The maximum atomic E-state index is 11.4. The summed E-state index contributed by atoms with van der Waals surface area (Å²) >= 11 is 5.78. The zero-order valence-corrected chi connectivity index (χ0v) is 11.5. The number of carboxylic acid groups (broad SMARTS) is 1. The Kier molecular flexibility index (Phi) is 5.63. The van der Waals surface area contributed by atoms with Crippen LogP contribution in [0.5, 0.6) is 5.75 Å². The van der Waals surface area contributed by atoms with E-state index < -0.39 is 5.97 Å². The largest absolute Gasteiger partial charge is 0.492 e. The first-order valence-corrected chi connectivity index (χ1v) is 6.23. The van der Waals surface area contributed by atoms with E-state index in [1.165, 1.54) is 18.2 Å². The third-order valence-electron chi connectivity index (χ3n) is 2.21. The molecule has 1 aromatic rings. The van der Waals surface area contributed by atoms with Crippen LogP contribution in [0.2, 0.25) is 5.02 Å². The molecule has 0 aliphatic heterocycles. The van der Waals surface area contributed by atoms with E-state index in [2.05, 4.69) is 5.32 Å². The fraction of sp³-hybridized carbons (Fsp3) is 0.385. The second-order valence-electron chi connectivity index (χ2n) is 4.27. The number of carbonyl (C=O) groups is 2. The smallest absolute Gasteiger partial charge is 0.339 e. The van der Waals surface area contributed by atoms with E-state index in [0.717, 1.165) is 0 Å². The molecular weight excluding hydrogens is 270 g/mol. The molecule has 0 aliphatic carbocycles. The van der Waals surface area contributed by atoms with Crippen molar-refractivity contribution in [2.24, 2.45) is 0 Å². The summed E-state index contributed by atoms with van der Waals surface area (Å²) in [5, 5.41) is 12.1. The lowest BCUT2D eigenvalue weighted by atomic mass is 10.2. The molecule has 0 saturated carbocycles. The number of nitrogens with one attached hydrogen (secondary N) is 1. The minimum atomic E-state index is -1.10. The summed E-state index contributed by atoms with van der Waals surface area (Å²) in [6, 6.07) is 4.33. The van der Waals surface area contributed by atoms with E-state index in [4.69, 9.17) is 21.4 Å². The van der Waals surface area contributed by atoms with Gasteiger partial charge in [0, 0.05) is 11.1 Å². The van der Waals surface area contributed by atoms with Crippen molar-refractivity contribution in [3.63, 3.8) is 0 Å². The fourth-order valence-corrected chi connectivity index (χ4v) is 1.60. The van der Waals surface area contributed by atoms with Gasteiger partial charge in [-0.15, -0.1) is 0 Å². The zero-order chi connectivity index (χ0) is 14.4. The minimum absolute atomic E-state index is 0.0219. The first-order chi connectivity index (χ1) is 8.90. The van der Waals surface area contributed by atoms with Crippen LogP contribution in [-0.4, -0.2) is 29.6 Å². The van der Waals surface area contributed by atoms with Gasteiger partial charge in [0.15, 0.2) is 0 Å². The van der Waals surface area contributed by atoms with Crippen LogP contribution in [0.4, 0.5) is 0 Å². The molecule has 6 heteroatoms. The molecule has 1 rings (SSSR count). The summed E-state index contributed by atoms with van der Waals surface area (Å²) in [4.78, 5) is 22.4. The number of carbonyl (C=O) groups excluding carboxylic acids is 1.